The van der Waals surface area contributed by atoms with Gasteiger partial charge < -0.3 is 9.47 Å². The molecule has 0 atom stereocenters. The number of carbonyl (C=O) groups excluding carboxylic acids is 2. The molecule has 0 spiro atoms. The average Bonchev–Trinajstić information content (AvgIpc) is 2.51. The minimum Gasteiger partial charge on any atom is -0.465 e. The van der Waals surface area contributed by atoms with Crippen LogP contribution in [0.1, 0.15) is 13.3 Å². The fourth-order valence-corrected chi connectivity index (χ4v) is 1.37. The number of rotatable bonds is 7. The highest BCUT2D eigenvalue weighted by Gasteiger charge is 2.23. The number of hydrazone groups is 1. The van der Waals surface area contributed by atoms with Crippen LogP contribution < -0.4 is 5.43 Å². The van der Waals surface area contributed by atoms with Crippen LogP contribution in [0, 0.1) is 6.08 Å². The van der Waals surface area contributed by atoms with Crippen molar-refractivity contribution in [2.45, 2.75) is 13.3 Å². The van der Waals surface area contributed by atoms with E-state index in [1.165, 1.54) is 13.2 Å². The third kappa shape index (κ3) is 5.84. The van der Waals surface area contributed by atoms with Crippen LogP contribution in [0.3, 0.4) is 0 Å². The summed E-state index contributed by atoms with van der Waals surface area (Å²) in [6.07, 6.45) is 12.9. The highest BCUT2D eigenvalue weighted by molar-refractivity contribution is 6.23. The number of methoxy groups -OCH3 is 1. The Morgan fingerprint density at radius 1 is 1.48 bits per heavy atom. The largest absolute Gasteiger partial charge is 0.465 e. The fraction of sp³-hybridized carbons (Fsp3) is 0.267. The van der Waals surface area contributed by atoms with Crippen LogP contribution in [0.4, 0.5) is 0 Å². The van der Waals surface area contributed by atoms with Crippen molar-refractivity contribution in [3.63, 3.8) is 0 Å². The van der Waals surface area contributed by atoms with Gasteiger partial charge in [0.2, 0.25) is 0 Å². The Morgan fingerprint density at radius 3 is 3.00 bits per heavy atom. The maximum Gasteiger partial charge on any atom is 0.399 e. The van der Waals surface area contributed by atoms with E-state index >= 15 is 0 Å². The number of hydrogen-bond donors (Lipinski definition) is 1. The lowest BCUT2D eigenvalue weighted by atomic mass is 10.1. The lowest BCUT2D eigenvalue weighted by Crippen LogP contribution is -2.17. The lowest BCUT2D eigenvalue weighted by molar-refractivity contribution is -0.138. The summed E-state index contributed by atoms with van der Waals surface area (Å²) in [5.74, 6) is -1.08. The SMILES string of the molecule is C/C=C\CCOC(=O)C1=C(NN=CC(=O)OC)C=C[C+]=C1. The Bertz CT molecular complexity index is 528. The Kier molecular flexibility index (Phi) is 7.18. The molecule has 0 amide bonds. The molecule has 0 fully saturated rings. The van der Waals surface area contributed by atoms with Crippen molar-refractivity contribution in [1.29, 1.82) is 0 Å². The zero-order valence-corrected chi connectivity index (χ0v) is 12.0. The number of nitrogens with zero attached hydrogens (tertiary/aromatic N) is 1. The molecule has 6 nitrogen and oxygen atoms in total. The molecule has 21 heavy (non-hydrogen) atoms. The van der Waals surface area contributed by atoms with Crippen LogP contribution in [0.15, 0.2) is 46.8 Å². The molecule has 0 radical (unpaired) electrons. The fourth-order valence-electron chi connectivity index (χ4n) is 1.37. The van der Waals surface area contributed by atoms with Gasteiger partial charge in [0, 0.05) is 6.08 Å². The molecule has 0 saturated carbocycles. The molecule has 0 aromatic heterocycles. The molecule has 110 valence electrons. The summed E-state index contributed by atoms with van der Waals surface area (Å²) in [5, 5.41) is 3.68. The second-order valence-electron chi connectivity index (χ2n) is 3.86. The van der Waals surface area contributed by atoms with Gasteiger partial charge in [0.25, 0.3) is 0 Å². The van der Waals surface area contributed by atoms with E-state index in [1.54, 1.807) is 12.2 Å². The van der Waals surface area contributed by atoms with Crippen LogP contribution in [0.25, 0.3) is 0 Å². The summed E-state index contributed by atoms with van der Waals surface area (Å²) < 4.78 is 9.54. The zero-order valence-electron chi connectivity index (χ0n) is 12.0. The average molecular weight is 289 g/mol. The van der Waals surface area contributed by atoms with E-state index in [0.29, 0.717) is 24.3 Å². The molecule has 0 aliphatic heterocycles. The maximum absolute atomic E-state index is 11.9. The molecule has 1 N–H and O–H groups in total. The lowest BCUT2D eigenvalue weighted by Gasteiger charge is -2.04. The first-order chi connectivity index (χ1) is 10.2. The van der Waals surface area contributed by atoms with Gasteiger partial charge in [0.05, 0.1) is 19.8 Å². The van der Waals surface area contributed by atoms with Gasteiger partial charge in [-0.3, -0.25) is 5.43 Å². The number of carbonyl (C=O) groups is 2. The van der Waals surface area contributed by atoms with Gasteiger partial charge in [-0.15, -0.1) is 0 Å². The van der Waals surface area contributed by atoms with Gasteiger partial charge >= 0.3 is 11.9 Å². The van der Waals surface area contributed by atoms with E-state index in [9.17, 15) is 9.59 Å². The predicted octanol–water partition coefficient (Wildman–Crippen LogP) is 1.43. The second kappa shape index (κ2) is 9.23. The van der Waals surface area contributed by atoms with Crippen molar-refractivity contribution in [2.75, 3.05) is 13.7 Å². The molecule has 1 aliphatic carbocycles. The highest BCUT2D eigenvalue weighted by Crippen LogP contribution is 2.12. The topological polar surface area (TPSA) is 77.0 Å². The Labute approximate surface area is 123 Å². The van der Waals surface area contributed by atoms with Crippen molar-refractivity contribution in [1.82, 2.24) is 5.43 Å². The maximum atomic E-state index is 11.9. The highest BCUT2D eigenvalue weighted by atomic mass is 16.5. The first-order valence-electron chi connectivity index (χ1n) is 6.34. The molecular formula is C15H17N2O4+. The van der Waals surface area contributed by atoms with Crippen molar-refractivity contribution in [3.8, 4) is 0 Å². The molecule has 0 saturated heterocycles. The number of allylic oxidation sites excluding steroid dienone is 4. The summed E-state index contributed by atoms with van der Waals surface area (Å²) in [5.41, 5.74) is 3.31. The van der Waals surface area contributed by atoms with Crippen molar-refractivity contribution >= 4 is 18.2 Å². The standard InChI is InChI=1S/C15H16N2O4/c1-3-4-7-10-21-15(19)12-8-5-6-9-13(12)17-16-11-14(18)20-2/h3-4,6,8-9,11H,7,10H2,1-2H3/p+1/b4-3-. The Hall–Kier alpha value is -2.72. The minimum absolute atomic E-state index is 0.292. The van der Waals surface area contributed by atoms with Gasteiger partial charge in [-0.2, -0.15) is 5.10 Å². The van der Waals surface area contributed by atoms with Crippen molar-refractivity contribution in [2.24, 2.45) is 5.10 Å². The zero-order chi connectivity index (χ0) is 15.5. The predicted molar refractivity (Wildman–Crippen MR) is 78.0 cm³/mol. The van der Waals surface area contributed by atoms with Crippen molar-refractivity contribution in [3.05, 3.63) is 47.7 Å². The quantitative estimate of drug-likeness (QED) is 0.192. The second-order valence-corrected chi connectivity index (χ2v) is 3.86. The van der Waals surface area contributed by atoms with Gasteiger partial charge in [0.1, 0.15) is 18.4 Å². The number of nitrogens with one attached hydrogen (secondary N) is 1. The van der Waals surface area contributed by atoms with Crippen LogP contribution in [0.2, 0.25) is 0 Å². The number of esters is 2. The van der Waals surface area contributed by atoms with Gasteiger partial charge in [-0.05, 0) is 13.3 Å². The van der Waals surface area contributed by atoms with Crippen LogP contribution in [-0.4, -0.2) is 31.9 Å². The first-order valence-corrected chi connectivity index (χ1v) is 6.34. The normalized spacial score (nSPS) is 13.6. The summed E-state index contributed by atoms with van der Waals surface area (Å²) in [6, 6.07) is 0. The Balaban J connectivity index is 2.67. The number of hydrogen-bond acceptors (Lipinski definition) is 6. The third-order valence-corrected chi connectivity index (χ3v) is 2.39. The molecule has 0 aromatic carbocycles. The minimum atomic E-state index is -0.597. The van der Waals surface area contributed by atoms with Crippen LogP contribution >= 0.6 is 0 Å². The van der Waals surface area contributed by atoms with E-state index in [2.05, 4.69) is 21.3 Å². The molecule has 0 heterocycles. The van der Waals surface area contributed by atoms with E-state index in [1.807, 2.05) is 19.1 Å². The molecule has 0 aromatic rings. The van der Waals surface area contributed by atoms with Crippen molar-refractivity contribution < 1.29 is 19.1 Å². The van der Waals surface area contributed by atoms with E-state index in [-0.39, 0.29) is 0 Å². The van der Waals surface area contributed by atoms with Gasteiger partial charge in [0.15, 0.2) is 11.3 Å². The van der Waals surface area contributed by atoms with Gasteiger partial charge in [-0.1, -0.05) is 12.2 Å². The van der Waals surface area contributed by atoms with E-state index in [4.69, 9.17) is 4.74 Å². The van der Waals surface area contributed by atoms with Crippen LogP contribution in [0.5, 0.6) is 0 Å². The molecule has 0 unspecified atom stereocenters. The molecule has 6 heteroatoms. The summed E-state index contributed by atoms with van der Waals surface area (Å²) >= 11 is 0. The third-order valence-electron chi connectivity index (χ3n) is 2.39. The van der Waals surface area contributed by atoms with Gasteiger partial charge in [-0.25, -0.2) is 9.59 Å². The number of ether oxygens (including phenoxy) is 2. The smallest absolute Gasteiger partial charge is 0.399 e. The Morgan fingerprint density at radius 2 is 2.29 bits per heavy atom. The molecule has 1 aliphatic rings. The van der Waals surface area contributed by atoms with E-state index < -0.39 is 11.9 Å². The summed E-state index contributed by atoms with van der Waals surface area (Å²) in [4.78, 5) is 22.8. The summed E-state index contributed by atoms with van der Waals surface area (Å²) in [7, 11) is 1.25. The molecule has 1 rings (SSSR count). The summed E-state index contributed by atoms with van der Waals surface area (Å²) in [6.45, 7) is 2.19. The monoisotopic (exact) mass is 289 g/mol. The molecule has 0 bridgehead atoms. The van der Waals surface area contributed by atoms with Crippen LogP contribution in [-0.2, 0) is 19.1 Å². The first kappa shape index (κ1) is 16.3. The molecular weight excluding hydrogens is 272 g/mol. The van der Waals surface area contributed by atoms with E-state index in [0.717, 1.165) is 6.21 Å².